The van der Waals surface area contributed by atoms with Crippen molar-refractivity contribution in [2.45, 2.75) is 32.7 Å². The zero-order valence-electron chi connectivity index (χ0n) is 38.6. The van der Waals surface area contributed by atoms with E-state index in [-0.39, 0.29) is 0 Å². The van der Waals surface area contributed by atoms with Gasteiger partial charge in [0, 0.05) is 14.2 Å². The van der Waals surface area contributed by atoms with Crippen LogP contribution in [0.5, 0.6) is 0 Å². The van der Waals surface area contributed by atoms with Gasteiger partial charge in [0.1, 0.15) is 8.31 Å². The zero-order chi connectivity index (χ0) is 57.8. The standard InChI is InChI=1S/C8H43O34Si32/c1-28-32-64(43,30-3)67(34-45-11,62(27)29-2)42-68(39-63(6,7)8,73(69(53-19,54-20)35-46-12,70(55-21,56-22)36-47-13)40-65(50-16,51-17)33-44-10)74(71(57-23,58-24)37-48-14,72(59-25,60-26)38-49-15)41-66(31-9,52-18)61(4)5/h9-27H,1-8H3. The Morgan fingerprint density at radius 1 is 0.446 bits per heavy atom. The molecule has 0 spiro atoms. The summed E-state index contributed by atoms with van der Waals surface area (Å²) < 4.78 is 89.5. The van der Waals surface area contributed by atoms with Gasteiger partial charge in [0.25, 0.3) is 41.6 Å². The van der Waals surface area contributed by atoms with Gasteiger partial charge in [-0.25, -0.2) is 4.89 Å². The summed E-state index contributed by atoms with van der Waals surface area (Å²) in [5.41, 5.74) is 0. The molecule has 0 fully saturated rings. The normalized spacial score (nSPS) is 17.4. The van der Waals surface area contributed by atoms with Gasteiger partial charge in [0.15, 0.2) is 8.32 Å². The summed E-state index contributed by atoms with van der Waals surface area (Å²) in [7, 11) is -69.0. The van der Waals surface area contributed by atoms with Crippen LogP contribution in [0, 0.1) is 0 Å². The van der Waals surface area contributed by atoms with Crippen LogP contribution in [0.2, 0.25) is 32.7 Å². The monoisotopic (exact) mass is 1580 g/mol. The number of hydrogen-bond acceptors (Lipinski definition) is 34. The van der Waals surface area contributed by atoms with Crippen LogP contribution in [-0.4, -0.2) is 389 Å². The smallest absolute Gasteiger partial charge is 0.428 e. The van der Waals surface area contributed by atoms with E-state index in [4.69, 9.17) is 64.0 Å². The molecule has 74 heavy (non-hydrogen) atoms. The van der Waals surface area contributed by atoms with Crippen molar-refractivity contribution in [3.05, 3.63) is 0 Å². The Morgan fingerprint density at radius 2 is 0.797 bits per heavy atom. The van der Waals surface area contributed by atoms with Crippen LogP contribution in [0.1, 0.15) is 0 Å². The molecule has 0 aromatic rings. The quantitative estimate of drug-likeness (QED) is 0.0153. The van der Waals surface area contributed by atoms with Crippen LogP contribution >= 0.6 is 0 Å². The largest absolute Gasteiger partial charge is 0.439 e. The average molecular weight is 1580 g/mol. The molecule has 4 atom stereocenters. The van der Waals surface area contributed by atoms with Gasteiger partial charge in [-0.15, -0.1) is 0 Å². The van der Waals surface area contributed by atoms with Gasteiger partial charge in [-0.3, -0.25) is 14.4 Å². The third-order valence-electron chi connectivity index (χ3n) is 9.30. The molecule has 34 nitrogen and oxygen atoms in total. The van der Waals surface area contributed by atoms with Crippen LogP contribution in [0.15, 0.2) is 0 Å². The fourth-order valence-corrected chi connectivity index (χ4v) is 428. The molecule has 39 radical (unpaired) electrons. The molecule has 0 saturated carbocycles. The molecule has 0 aromatic carbocycles. The van der Waals surface area contributed by atoms with E-state index in [1.165, 1.54) is 32.7 Å². The van der Waals surface area contributed by atoms with E-state index in [1.54, 1.807) is 0 Å². The molecule has 0 aliphatic carbocycles. The summed E-state index contributed by atoms with van der Waals surface area (Å²) in [6, 6.07) is 0. The Kier molecular flexibility index (Phi) is 38.1. The molecule has 0 amide bonds. The first-order chi connectivity index (χ1) is 34.7. The lowest BCUT2D eigenvalue weighted by atomic mass is 11.8. The minimum Gasteiger partial charge on any atom is -0.439 e. The maximum absolute atomic E-state index is 12.8. The minimum atomic E-state index is -7.30. The highest BCUT2D eigenvalue weighted by Crippen LogP contribution is 2.53. The predicted molar refractivity (Wildman–Crippen MR) is 290 cm³/mol. The summed E-state index contributed by atoms with van der Waals surface area (Å²) >= 11 is 0. The summed E-state index contributed by atoms with van der Waals surface area (Å²) in [6.07, 6.45) is 0. The Hall–Kier alpha value is 5.58. The van der Waals surface area contributed by atoms with Gasteiger partial charge in [0.2, 0.25) is 102 Å². The van der Waals surface area contributed by atoms with Crippen molar-refractivity contribution in [2.24, 2.45) is 0 Å². The van der Waals surface area contributed by atoms with Crippen molar-refractivity contribution in [1.82, 2.24) is 0 Å². The maximum atomic E-state index is 12.8. The van der Waals surface area contributed by atoms with E-state index in [0.717, 1.165) is 21.3 Å². The van der Waals surface area contributed by atoms with Crippen LogP contribution in [0.25, 0.3) is 0 Å². The fraction of sp³-hybridized carbons (Fsp3) is 1.00. The predicted octanol–water partition coefficient (Wildman–Crippen LogP) is -19.8. The van der Waals surface area contributed by atoms with E-state index in [2.05, 4.69) is 9.76 Å². The molecule has 0 aromatic heterocycles. The second kappa shape index (κ2) is 35.4. The Labute approximate surface area is 481 Å². The van der Waals surface area contributed by atoms with Gasteiger partial charge in [0.05, 0.1) is 16.9 Å². The van der Waals surface area contributed by atoms with Crippen molar-refractivity contribution in [3.8, 4) is 0 Å². The van der Waals surface area contributed by atoms with E-state index in [0.29, 0.717) is 0 Å². The Balaban J connectivity index is 13.0. The topological polar surface area (TPSA) is 523 Å². The van der Waals surface area contributed by atoms with Crippen LogP contribution in [-0.2, 0) is 64.0 Å². The molecule has 0 aliphatic rings. The molecule has 4 unspecified atom stereocenters. The molecule has 0 saturated heterocycles. The van der Waals surface area contributed by atoms with Crippen LogP contribution < -0.4 is 0 Å². The first-order valence-corrected chi connectivity index (χ1v) is 83.1. The highest BCUT2D eigenvalue weighted by atomic mass is 30.5. The second-order valence-electron chi connectivity index (χ2n) is 14.1. The maximum Gasteiger partial charge on any atom is 0.428 e. The third-order valence-corrected chi connectivity index (χ3v) is 259. The van der Waals surface area contributed by atoms with Gasteiger partial charge in [-0.05, 0) is 19.6 Å². The van der Waals surface area contributed by atoms with E-state index >= 15 is 0 Å². The van der Waals surface area contributed by atoms with Gasteiger partial charge in [-0.1, -0.05) is 13.1 Å². The SMILES string of the molecule is COO[Si]([Si])(OC)[Si](O[Si]O)(O[Si](O[Si](C)(C)C)([Si](O[Si](O[Si]O)([Si]O)[Si]O)([Si](O[Si]O)([Si]O)[Si]O)[Si](O[Si]O)([Si]O)[Si]O)[Si](O[Si](OO)([Si]O)[Si](C)C)([Si](O[Si]O)([Si]O)[Si]O)[Si](O[Si]O)([Si]O)[Si]O)[Si](O)OC. The molecular formula is C8H43O34Si32. The fourth-order valence-electron chi connectivity index (χ4n) is 6.43. The number of rotatable bonds is 45. The lowest BCUT2D eigenvalue weighted by Crippen LogP contribution is -3.13. The molecule has 0 heterocycles. The summed E-state index contributed by atoms with van der Waals surface area (Å²) in [5.74, 6) is 0. The van der Waals surface area contributed by atoms with Crippen LogP contribution in [0.3, 0.4) is 0 Å². The first kappa shape index (κ1) is 79.6. The molecule has 19 N–H and O–H groups in total. The lowest BCUT2D eigenvalue weighted by molar-refractivity contribution is -0.198. The van der Waals surface area contributed by atoms with Crippen molar-refractivity contribution in [1.29, 1.82) is 0 Å². The molecule has 66 heteroatoms. The van der Waals surface area contributed by atoms with Gasteiger partial charge >= 0.3 is 107 Å². The summed E-state index contributed by atoms with van der Waals surface area (Å²) in [6.45, 7) is -31.2. The molecule has 407 valence electrons. The molecule has 0 aliphatic heterocycles. The van der Waals surface area contributed by atoms with Gasteiger partial charge in [-0.2, -0.15) is 0 Å². The number of hydrogen-bond donors (Lipinski definition) is 19. The zero-order valence-corrected chi connectivity index (χ0v) is 70.6. The van der Waals surface area contributed by atoms with E-state index in [1.807, 2.05) is 0 Å². The Morgan fingerprint density at radius 3 is 1.03 bits per heavy atom. The highest BCUT2D eigenvalue weighted by molar-refractivity contribution is 8.23. The summed E-state index contributed by atoms with van der Waals surface area (Å²) in [4.78, 5) is 218. The molecule has 0 bridgehead atoms. The van der Waals surface area contributed by atoms with Crippen molar-refractivity contribution in [2.75, 3.05) is 21.3 Å². The van der Waals surface area contributed by atoms with Gasteiger partial charge < -0.3 is 136 Å². The first-order valence-electron chi connectivity index (χ1n) is 18.2. The summed E-state index contributed by atoms with van der Waals surface area (Å²) in [5, 5.41) is 11.3. The molecular weight excluding hydrogens is 1540 g/mol. The lowest BCUT2D eigenvalue weighted by Gasteiger charge is -2.69. The van der Waals surface area contributed by atoms with E-state index in [9.17, 15) is 91.6 Å². The third kappa shape index (κ3) is 15.1. The average Bonchev–Trinajstić information content (AvgIpc) is 3.39. The minimum absolute atomic E-state index is 0.857. The Bertz CT molecular complexity index is 1500. The second-order valence-corrected chi connectivity index (χ2v) is 152. The van der Waals surface area contributed by atoms with Crippen molar-refractivity contribution < 1.29 is 156 Å². The molecule has 0 rings (SSSR count). The van der Waals surface area contributed by atoms with Crippen molar-refractivity contribution >= 4 is 277 Å². The van der Waals surface area contributed by atoms with E-state index < -0.39 is 267 Å². The van der Waals surface area contributed by atoms with Crippen LogP contribution in [0.4, 0.5) is 0 Å². The van der Waals surface area contributed by atoms with Crippen molar-refractivity contribution in [3.63, 3.8) is 0 Å². The highest BCUT2D eigenvalue weighted by Gasteiger charge is 3.00.